The first kappa shape index (κ1) is 19.6. The van der Waals surface area contributed by atoms with Crippen LogP contribution in [-0.4, -0.2) is 55.2 Å². The van der Waals surface area contributed by atoms with Crippen LogP contribution in [0.5, 0.6) is 5.75 Å². The van der Waals surface area contributed by atoms with E-state index in [2.05, 4.69) is 4.90 Å². The van der Waals surface area contributed by atoms with Crippen molar-refractivity contribution in [1.29, 1.82) is 5.26 Å². The molecule has 0 spiro atoms. The zero-order valence-electron chi connectivity index (χ0n) is 15.6. The largest absolute Gasteiger partial charge is 0.508 e. The Labute approximate surface area is 164 Å². The smallest absolute Gasteiger partial charge is 0.241 e. The predicted molar refractivity (Wildman–Crippen MR) is 106 cm³/mol. The van der Waals surface area contributed by atoms with Crippen LogP contribution in [-0.2, 0) is 4.79 Å². The number of phenols is 1. The molecular formula is C21H23FN4O2. The van der Waals surface area contributed by atoms with E-state index in [9.17, 15) is 14.3 Å². The summed E-state index contributed by atoms with van der Waals surface area (Å²) in [6, 6.07) is 15.2. The maximum Gasteiger partial charge on any atom is 0.241 e. The average molecular weight is 382 g/mol. The zero-order chi connectivity index (χ0) is 19.9. The molecule has 6 nitrogen and oxygen atoms in total. The number of aromatic hydroxyl groups is 1. The lowest BCUT2D eigenvalue weighted by atomic mass is 10.2. The van der Waals surface area contributed by atoms with Gasteiger partial charge in [0.05, 0.1) is 24.7 Å². The van der Waals surface area contributed by atoms with Gasteiger partial charge in [-0.2, -0.15) is 5.26 Å². The van der Waals surface area contributed by atoms with Crippen molar-refractivity contribution in [2.24, 2.45) is 0 Å². The molecule has 0 aromatic heterocycles. The topological polar surface area (TPSA) is 70.8 Å². The summed E-state index contributed by atoms with van der Waals surface area (Å²) in [5.41, 5.74) is 1.25. The van der Waals surface area contributed by atoms with E-state index in [0.29, 0.717) is 13.1 Å². The molecule has 1 amide bonds. The quantitative estimate of drug-likeness (QED) is 0.832. The number of carbonyl (C=O) groups excluding carboxylic acids is 1. The Morgan fingerprint density at radius 2 is 1.79 bits per heavy atom. The van der Waals surface area contributed by atoms with E-state index < -0.39 is 5.82 Å². The molecule has 146 valence electrons. The molecule has 0 unspecified atom stereocenters. The van der Waals surface area contributed by atoms with Crippen LogP contribution in [0.25, 0.3) is 0 Å². The maximum atomic E-state index is 14.2. The number of anilines is 2. The number of nitriles is 1. The van der Waals surface area contributed by atoms with Crippen molar-refractivity contribution < 1.29 is 14.3 Å². The number of amides is 1. The summed E-state index contributed by atoms with van der Waals surface area (Å²) in [5.74, 6) is -0.442. The second-order valence-electron chi connectivity index (χ2n) is 6.68. The summed E-state index contributed by atoms with van der Waals surface area (Å²) in [5, 5.41) is 18.3. The van der Waals surface area contributed by atoms with Crippen molar-refractivity contribution in [1.82, 2.24) is 4.90 Å². The van der Waals surface area contributed by atoms with E-state index in [4.69, 9.17) is 5.26 Å². The van der Waals surface area contributed by atoms with E-state index in [1.54, 1.807) is 30.3 Å². The van der Waals surface area contributed by atoms with Crippen molar-refractivity contribution >= 4 is 17.3 Å². The highest BCUT2D eigenvalue weighted by molar-refractivity contribution is 5.95. The molecule has 28 heavy (non-hydrogen) atoms. The number of phenolic OH excluding ortho intramolecular Hbond substituents is 1. The van der Waals surface area contributed by atoms with Crippen LogP contribution in [0.15, 0.2) is 48.5 Å². The highest BCUT2D eigenvalue weighted by Crippen LogP contribution is 2.21. The number of rotatable bonds is 6. The van der Waals surface area contributed by atoms with Crippen LogP contribution < -0.4 is 9.80 Å². The zero-order valence-corrected chi connectivity index (χ0v) is 15.6. The number of halogens is 1. The molecule has 1 N–H and O–H groups in total. The molecule has 0 atom stereocenters. The molecule has 1 saturated heterocycles. The third kappa shape index (κ3) is 4.78. The van der Waals surface area contributed by atoms with Gasteiger partial charge < -0.3 is 14.9 Å². The lowest BCUT2D eigenvalue weighted by molar-refractivity contribution is -0.119. The average Bonchev–Trinajstić information content (AvgIpc) is 2.71. The number of nitrogens with zero attached hydrogens (tertiary/aromatic N) is 4. The van der Waals surface area contributed by atoms with Gasteiger partial charge in [-0.15, -0.1) is 0 Å². The van der Waals surface area contributed by atoms with Crippen molar-refractivity contribution in [3.8, 4) is 11.8 Å². The highest BCUT2D eigenvalue weighted by Gasteiger charge is 2.24. The van der Waals surface area contributed by atoms with Crippen LogP contribution in [0.2, 0.25) is 0 Å². The summed E-state index contributed by atoms with van der Waals surface area (Å²) in [6.07, 6.45) is 0.148. The maximum absolute atomic E-state index is 14.2. The highest BCUT2D eigenvalue weighted by atomic mass is 19.1. The fourth-order valence-electron chi connectivity index (χ4n) is 3.32. The van der Waals surface area contributed by atoms with E-state index in [-0.39, 0.29) is 36.9 Å². The number of piperazine rings is 1. The number of para-hydroxylation sites is 1. The molecule has 1 heterocycles. The molecule has 3 rings (SSSR count). The molecular weight excluding hydrogens is 359 g/mol. The monoisotopic (exact) mass is 382 g/mol. The lowest BCUT2D eigenvalue weighted by Gasteiger charge is -2.36. The second-order valence-corrected chi connectivity index (χ2v) is 6.68. The summed E-state index contributed by atoms with van der Waals surface area (Å²) in [7, 11) is 0. The summed E-state index contributed by atoms with van der Waals surface area (Å²) < 4.78 is 14.2. The van der Waals surface area contributed by atoms with Crippen LogP contribution in [0.3, 0.4) is 0 Å². The number of hydrogen-bond acceptors (Lipinski definition) is 5. The molecule has 0 radical (unpaired) electrons. The first-order chi connectivity index (χ1) is 13.6. The number of benzene rings is 2. The van der Waals surface area contributed by atoms with Gasteiger partial charge in [0.1, 0.15) is 11.6 Å². The first-order valence-electron chi connectivity index (χ1n) is 9.26. The molecule has 1 aliphatic heterocycles. The van der Waals surface area contributed by atoms with Gasteiger partial charge in [0, 0.05) is 38.4 Å². The standard InChI is InChI=1S/C21H23FN4O2/c22-19-4-1-2-5-20(19)26(11-3-10-23)21(28)16-24-12-14-25(15-13-24)17-6-8-18(27)9-7-17/h1-2,4-9,27H,3,11-16H2. The Morgan fingerprint density at radius 3 is 2.43 bits per heavy atom. The Morgan fingerprint density at radius 1 is 1.11 bits per heavy atom. The minimum absolute atomic E-state index is 0.148. The minimum Gasteiger partial charge on any atom is -0.508 e. The number of carbonyl (C=O) groups is 1. The fourth-order valence-corrected chi connectivity index (χ4v) is 3.32. The van der Waals surface area contributed by atoms with Gasteiger partial charge >= 0.3 is 0 Å². The fraction of sp³-hybridized carbons (Fsp3) is 0.333. The molecule has 0 bridgehead atoms. The van der Waals surface area contributed by atoms with Gasteiger partial charge in [-0.3, -0.25) is 9.69 Å². The van der Waals surface area contributed by atoms with Crippen LogP contribution in [0.1, 0.15) is 6.42 Å². The van der Waals surface area contributed by atoms with Crippen molar-refractivity contribution in [3.05, 3.63) is 54.3 Å². The van der Waals surface area contributed by atoms with Gasteiger partial charge in [-0.25, -0.2) is 4.39 Å². The van der Waals surface area contributed by atoms with Crippen molar-refractivity contribution in [3.63, 3.8) is 0 Å². The first-order valence-corrected chi connectivity index (χ1v) is 9.26. The molecule has 0 aliphatic carbocycles. The van der Waals surface area contributed by atoms with E-state index in [1.807, 2.05) is 23.1 Å². The van der Waals surface area contributed by atoms with E-state index in [1.165, 1.54) is 11.0 Å². The van der Waals surface area contributed by atoms with Crippen molar-refractivity contribution in [2.45, 2.75) is 6.42 Å². The summed E-state index contributed by atoms with van der Waals surface area (Å²) >= 11 is 0. The molecule has 7 heteroatoms. The van der Waals surface area contributed by atoms with Gasteiger partial charge in [0.15, 0.2) is 0 Å². The van der Waals surface area contributed by atoms with Crippen LogP contribution >= 0.6 is 0 Å². The van der Waals surface area contributed by atoms with Crippen LogP contribution in [0, 0.1) is 17.1 Å². The van der Waals surface area contributed by atoms with Crippen LogP contribution in [0.4, 0.5) is 15.8 Å². The molecule has 1 aliphatic rings. The van der Waals surface area contributed by atoms with Gasteiger partial charge in [0.2, 0.25) is 5.91 Å². The Balaban J connectivity index is 1.61. The van der Waals surface area contributed by atoms with Crippen molar-refractivity contribution in [2.75, 3.05) is 49.1 Å². The molecule has 2 aromatic carbocycles. The van der Waals surface area contributed by atoms with Gasteiger partial charge in [-0.1, -0.05) is 12.1 Å². The second kappa shape index (κ2) is 9.20. The molecule has 1 fully saturated rings. The van der Waals surface area contributed by atoms with Gasteiger partial charge in [-0.05, 0) is 36.4 Å². The van der Waals surface area contributed by atoms with Gasteiger partial charge in [0.25, 0.3) is 0 Å². The Hall–Kier alpha value is -3.11. The van der Waals surface area contributed by atoms with E-state index >= 15 is 0 Å². The minimum atomic E-state index is -0.467. The third-order valence-electron chi connectivity index (χ3n) is 4.84. The molecule has 0 saturated carbocycles. The normalized spacial score (nSPS) is 14.5. The predicted octanol–water partition coefficient (Wildman–Crippen LogP) is 2.60. The summed E-state index contributed by atoms with van der Waals surface area (Å²) in [4.78, 5) is 18.4. The molecule has 2 aromatic rings. The lowest BCUT2D eigenvalue weighted by Crippen LogP contribution is -2.50. The summed E-state index contributed by atoms with van der Waals surface area (Å²) in [6.45, 7) is 3.28. The SMILES string of the molecule is N#CCCN(C(=O)CN1CCN(c2ccc(O)cc2)CC1)c1ccccc1F. The Bertz CT molecular complexity index is 842. The number of hydrogen-bond donors (Lipinski definition) is 1. The Kier molecular flexibility index (Phi) is 6.45. The third-order valence-corrected chi connectivity index (χ3v) is 4.84. The van der Waals surface area contributed by atoms with E-state index in [0.717, 1.165) is 18.8 Å².